The van der Waals surface area contributed by atoms with Gasteiger partial charge in [0.1, 0.15) is 0 Å². The quantitative estimate of drug-likeness (QED) is 0.898. The number of carbonyl (C=O) groups excluding carboxylic acids is 1. The highest BCUT2D eigenvalue weighted by Gasteiger charge is 2.30. The fourth-order valence-electron chi connectivity index (χ4n) is 2.17. The standard InChI is InChI=1S/C17H18ClN3O3/c1-17(2,16(23)24)10-21(3)15(22)11-8-19-14(20-9-11)12-6-4-5-7-13(12)18/h4-9H,10H2,1-3H3,(H,23,24). The third-order valence-electron chi connectivity index (χ3n) is 3.57. The zero-order valence-corrected chi connectivity index (χ0v) is 14.4. The topological polar surface area (TPSA) is 83.4 Å². The van der Waals surface area contributed by atoms with Crippen molar-refractivity contribution in [2.24, 2.45) is 5.41 Å². The van der Waals surface area contributed by atoms with E-state index in [0.717, 1.165) is 0 Å². The molecule has 0 aliphatic carbocycles. The predicted molar refractivity (Wildman–Crippen MR) is 90.9 cm³/mol. The Morgan fingerprint density at radius 2 is 1.79 bits per heavy atom. The van der Waals surface area contributed by atoms with Gasteiger partial charge < -0.3 is 10.0 Å². The lowest BCUT2D eigenvalue weighted by molar-refractivity contribution is -0.147. The van der Waals surface area contributed by atoms with Crippen LogP contribution in [0.2, 0.25) is 5.02 Å². The van der Waals surface area contributed by atoms with Crippen LogP contribution >= 0.6 is 11.6 Å². The second kappa shape index (κ2) is 6.97. The van der Waals surface area contributed by atoms with Crippen LogP contribution in [-0.4, -0.2) is 45.4 Å². The second-order valence-corrected chi connectivity index (χ2v) is 6.53. The summed E-state index contributed by atoms with van der Waals surface area (Å²) in [5.41, 5.74) is -0.0732. The summed E-state index contributed by atoms with van der Waals surface area (Å²) in [4.78, 5) is 33.3. The molecule has 0 spiro atoms. The molecule has 0 unspecified atom stereocenters. The monoisotopic (exact) mass is 347 g/mol. The molecule has 1 N–H and O–H groups in total. The Morgan fingerprint density at radius 3 is 2.33 bits per heavy atom. The molecule has 0 saturated heterocycles. The van der Waals surface area contributed by atoms with E-state index in [1.165, 1.54) is 17.3 Å². The molecule has 0 radical (unpaired) electrons. The molecule has 1 aromatic heterocycles. The van der Waals surface area contributed by atoms with Crippen LogP contribution in [0.15, 0.2) is 36.7 Å². The third-order valence-corrected chi connectivity index (χ3v) is 3.90. The molecule has 1 heterocycles. The normalized spacial score (nSPS) is 11.2. The molecular weight excluding hydrogens is 330 g/mol. The molecule has 126 valence electrons. The molecule has 0 fully saturated rings. The molecule has 2 aromatic rings. The summed E-state index contributed by atoms with van der Waals surface area (Å²) >= 11 is 6.10. The molecule has 2 rings (SSSR count). The van der Waals surface area contributed by atoms with Crippen LogP contribution in [0.25, 0.3) is 11.4 Å². The van der Waals surface area contributed by atoms with Gasteiger partial charge in [-0.05, 0) is 26.0 Å². The smallest absolute Gasteiger partial charge is 0.310 e. The third kappa shape index (κ3) is 3.89. The van der Waals surface area contributed by atoms with Crippen LogP contribution in [0.4, 0.5) is 0 Å². The van der Waals surface area contributed by atoms with E-state index >= 15 is 0 Å². The van der Waals surface area contributed by atoms with E-state index < -0.39 is 11.4 Å². The number of amides is 1. The number of aliphatic carboxylic acids is 1. The van der Waals surface area contributed by atoms with E-state index in [4.69, 9.17) is 16.7 Å². The Labute approximate surface area is 145 Å². The van der Waals surface area contributed by atoms with Crippen molar-refractivity contribution in [2.75, 3.05) is 13.6 Å². The van der Waals surface area contributed by atoms with Gasteiger partial charge in [0, 0.05) is 31.5 Å². The molecule has 0 bridgehead atoms. The molecule has 6 nitrogen and oxygen atoms in total. The highest BCUT2D eigenvalue weighted by molar-refractivity contribution is 6.33. The SMILES string of the molecule is CN(CC(C)(C)C(=O)O)C(=O)c1cnc(-c2ccccc2Cl)nc1. The maximum Gasteiger partial charge on any atom is 0.310 e. The number of hydrogen-bond donors (Lipinski definition) is 1. The van der Waals surface area contributed by atoms with Crippen molar-refractivity contribution in [3.8, 4) is 11.4 Å². The van der Waals surface area contributed by atoms with Gasteiger partial charge >= 0.3 is 5.97 Å². The van der Waals surface area contributed by atoms with E-state index in [2.05, 4.69) is 9.97 Å². The zero-order valence-electron chi connectivity index (χ0n) is 13.7. The number of rotatable bonds is 5. The van der Waals surface area contributed by atoms with E-state index in [1.54, 1.807) is 33.0 Å². The minimum absolute atomic E-state index is 0.0768. The number of carbonyl (C=O) groups is 2. The summed E-state index contributed by atoms with van der Waals surface area (Å²) in [6.07, 6.45) is 2.83. The number of carboxylic acid groups (broad SMARTS) is 1. The second-order valence-electron chi connectivity index (χ2n) is 6.13. The van der Waals surface area contributed by atoms with Crippen LogP contribution in [0, 0.1) is 5.41 Å². The Kier molecular flexibility index (Phi) is 5.19. The molecule has 1 aromatic carbocycles. The van der Waals surface area contributed by atoms with Crippen molar-refractivity contribution in [2.45, 2.75) is 13.8 Å². The molecule has 0 saturated carbocycles. The van der Waals surface area contributed by atoms with Gasteiger partial charge in [-0.1, -0.05) is 23.7 Å². The van der Waals surface area contributed by atoms with Gasteiger partial charge in [0.15, 0.2) is 5.82 Å². The highest BCUT2D eigenvalue weighted by atomic mass is 35.5. The minimum atomic E-state index is -1.04. The molecule has 7 heteroatoms. The Bertz CT molecular complexity index is 760. The largest absolute Gasteiger partial charge is 0.481 e. The Hall–Kier alpha value is -2.47. The van der Waals surface area contributed by atoms with E-state index in [9.17, 15) is 9.59 Å². The lowest BCUT2D eigenvalue weighted by Crippen LogP contribution is -2.40. The number of aromatic nitrogens is 2. The van der Waals surface area contributed by atoms with Gasteiger partial charge in [-0.15, -0.1) is 0 Å². The summed E-state index contributed by atoms with van der Waals surface area (Å²) in [7, 11) is 1.55. The molecule has 0 aliphatic heterocycles. The van der Waals surface area contributed by atoms with Gasteiger partial charge in [0.2, 0.25) is 0 Å². The average molecular weight is 348 g/mol. The van der Waals surface area contributed by atoms with Crippen molar-refractivity contribution >= 4 is 23.5 Å². The molecule has 1 amide bonds. The van der Waals surface area contributed by atoms with Crippen molar-refractivity contribution in [3.05, 3.63) is 47.2 Å². The molecular formula is C17H18ClN3O3. The number of halogens is 1. The van der Waals surface area contributed by atoms with Crippen LogP contribution in [0.1, 0.15) is 24.2 Å². The maximum absolute atomic E-state index is 12.4. The van der Waals surface area contributed by atoms with Crippen molar-refractivity contribution in [1.29, 1.82) is 0 Å². The fraction of sp³-hybridized carbons (Fsp3) is 0.294. The first-order chi connectivity index (χ1) is 11.2. The lowest BCUT2D eigenvalue weighted by atomic mass is 9.93. The maximum atomic E-state index is 12.4. The van der Waals surface area contributed by atoms with E-state index in [0.29, 0.717) is 16.4 Å². The van der Waals surface area contributed by atoms with Gasteiger partial charge in [0.25, 0.3) is 5.91 Å². The number of nitrogens with zero attached hydrogens (tertiary/aromatic N) is 3. The predicted octanol–water partition coefficient (Wildman–Crippen LogP) is 2.98. The van der Waals surface area contributed by atoms with Gasteiger partial charge in [-0.3, -0.25) is 9.59 Å². The number of carboxylic acids is 1. The van der Waals surface area contributed by atoms with E-state index in [1.807, 2.05) is 12.1 Å². The van der Waals surface area contributed by atoms with Crippen LogP contribution in [-0.2, 0) is 4.79 Å². The lowest BCUT2D eigenvalue weighted by Gasteiger charge is -2.26. The average Bonchev–Trinajstić information content (AvgIpc) is 2.54. The summed E-state index contributed by atoms with van der Waals surface area (Å²) in [5, 5.41) is 9.68. The summed E-state index contributed by atoms with van der Waals surface area (Å²) in [6.45, 7) is 3.21. The Morgan fingerprint density at radius 1 is 1.21 bits per heavy atom. The van der Waals surface area contributed by atoms with Crippen molar-refractivity contribution < 1.29 is 14.7 Å². The Balaban J connectivity index is 2.17. The van der Waals surface area contributed by atoms with Gasteiger partial charge in [0.05, 0.1) is 16.0 Å². The minimum Gasteiger partial charge on any atom is -0.481 e. The van der Waals surface area contributed by atoms with Crippen molar-refractivity contribution in [1.82, 2.24) is 14.9 Å². The zero-order chi connectivity index (χ0) is 17.9. The summed E-state index contributed by atoms with van der Waals surface area (Å²) in [6, 6.07) is 7.16. The summed E-state index contributed by atoms with van der Waals surface area (Å²) < 4.78 is 0. The highest BCUT2D eigenvalue weighted by Crippen LogP contribution is 2.24. The van der Waals surface area contributed by atoms with Crippen LogP contribution in [0.3, 0.4) is 0 Å². The number of benzene rings is 1. The summed E-state index contributed by atoms with van der Waals surface area (Å²) in [5.74, 6) is -0.881. The fourth-order valence-corrected chi connectivity index (χ4v) is 2.39. The van der Waals surface area contributed by atoms with Crippen LogP contribution < -0.4 is 0 Å². The molecule has 0 aliphatic rings. The van der Waals surface area contributed by atoms with E-state index in [-0.39, 0.29) is 18.0 Å². The first-order valence-electron chi connectivity index (χ1n) is 7.28. The van der Waals surface area contributed by atoms with Gasteiger partial charge in [-0.25, -0.2) is 9.97 Å². The number of hydrogen-bond acceptors (Lipinski definition) is 4. The van der Waals surface area contributed by atoms with Crippen LogP contribution in [0.5, 0.6) is 0 Å². The van der Waals surface area contributed by atoms with Crippen molar-refractivity contribution in [3.63, 3.8) is 0 Å². The first-order valence-corrected chi connectivity index (χ1v) is 7.66. The molecule has 24 heavy (non-hydrogen) atoms. The first kappa shape index (κ1) is 17.9. The molecule has 0 atom stereocenters. The van der Waals surface area contributed by atoms with Gasteiger partial charge in [-0.2, -0.15) is 0 Å².